The molecule has 0 saturated carbocycles. The van der Waals surface area contributed by atoms with E-state index in [0.29, 0.717) is 32.7 Å². The molecule has 2 aromatic heterocycles. The molecule has 1 aromatic carbocycles. The molecule has 5 heteroatoms. The minimum atomic E-state index is 0.130. The van der Waals surface area contributed by atoms with Crippen molar-refractivity contribution in [1.29, 1.82) is 0 Å². The van der Waals surface area contributed by atoms with E-state index in [4.69, 9.17) is 9.72 Å². The lowest BCUT2D eigenvalue weighted by molar-refractivity contribution is -0.134. The highest BCUT2D eigenvalue weighted by Crippen LogP contribution is 2.27. The minimum Gasteiger partial charge on any atom is -0.378 e. The summed E-state index contributed by atoms with van der Waals surface area (Å²) in [5.74, 6) is 0.130. The molecule has 1 saturated heterocycles. The number of carbonyl (C=O) groups excluding carboxylic acids is 1. The summed E-state index contributed by atoms with van der Waals surface area (Å²) in [6, 6.07) is 10.5. The van der Waals surface area contributed by atoms with Gasteiger partial charge in [0.25, 0.3) is 0 Å². The number of pyridine rings is 1. The van der Waals surface area contributed by atoms with E-state index >= 15 is 0 Å². The number of aryl methyl sites for hydroxylation is 3. The third-order valence-corrected chi connectivity index (χ3v) is 5.34. The van der Waals surface area contributed by atoms with Gasteiger partial charge in [0, 0.05) is 24.8 Å². The summed E-state index contributed by atoms with van der Waals surface area (Å²) in [5, 5.41) is 0. The van der Waals surface area contributed by atoms with Crippen LogP contribution in [0.1, 0.15) is 22.4 Å². The number of rotatable bonds is 3. The summed E-state index contributed by atoms with van der Waals surface area (Å²) in [7, 11) is 0. The largest absolute Gasteiger partial charge is 0.378 e. The second-order valence-corrected chi connectivity index (χ2v) is 7.31. The first-order chi connectivity index (χ1) is 13.0. The lowest BCUT2D eigenvalue weighted by Gasteiger charge is -2.27. The molecule has 1 amide bonds. The number of carbonyl (C=O) groups is 1. The van der Waals surface area contributed by atoms with Crippen LogP contribution in [0.25, 0.3) is 16.9 Å². The molecule has 4 rings (SSSR count). The Labute approximate surface area is 159 Å². The highest BCUT2D eigenvalue weighted by Gasteiger charge is 2.22. The first-order valence-corrected chi connectivity index (χ1v) is 9.43. The number of imidazole rings is 1. The van der Waals surface area contributed by atoms with Crippen LogP contribution in [0.5, 0.6) is 0 Å². The zero-order chi connectivity index (χ0) is 19.0. The third kappa shape index (κ3) is 3.47. The Morgan fingerprint density at radius 1 is 1.07 bits per heavy atom. The van der Waals surface area contributed by atoms with Crippen LogP contribution in [0, 0.1) is 20.8 Å². The van der Waals surface area contributed by atoms with Crippen LogP contribution < -0.4 is 0 Å². The molecule has 0 atom stereocenters. The van der Waals surface area contributed by atoms with Gasteiger partial charge in [-0.2, -0.15) is 0 Å². The summed E-state index contributed by atoms with van der Waals surface area (Å²) >= 11 is 0. The fourth-order valence-corrected chi connectivity index (χ4v) is 3.55. The van der Waals surface area contributed by atoms with E-state index in [9.17, 15) is 4.79 Å². The van der Waals surface area contributed by atoms with Gasteiger partial charge in [0.1, 0.15) is 5.65 Å². The molecule has 3 heterocycles. The van der Waals surface area contributed by atoms with E-state index in [1.807, 2.05) is 11.1 Å². The SMILES string of the molecule is Cc1ccn2c(CC(=O)N3CCOCC3)c(-c3ccc(C)c(C)c3)nc2c1. The number of nitrogens with zero attached hydrogens (tertiary/aromatic N) is 3. The van der Waals surface area contributed by atoms with E-state index in [1.165, 1.54) is 11.1 Å². The van der Waals surface area contributed by atoms with Crippen molar-refractivity contribution in [3.8, 4) is 11.3 Å². The van der Waals surface area contributed by atoms with Gasteiger partial charge in [-0.3, -0.25) is 4.79 Å². The van der Waals surface area contributed by atoms with Crippen molar-refractivity contribution in [2.45, 2.75) is 27.2 Å². The number of aromatic nitrogens is 2. The maximum Gasteiger partial charge on any atom is 0.228 e. The summed E-state index contributed by atoms with van der Waals surface area (Å²) in [5.41, 5.74) is 7.42. The predicted octanol–water partition coefficient (Wildman–Crippen LogP) is 3.33. The maximum atomic E-state index is 12.9. The molecular weight excluding hydrogens is 338 g/mol. The van der Waals surface area contributed by atoms with Crippen LogP contribution in [-0.2, 0) is 16.0 Å². The molecule has 0 spiro atoms. The van der Waals surface area contributed by atoms with Crippen molar-refractivity contribution in [3.05, 3.63) is 58.9 Å². The molecule has 5 nitrogen and oxygen atoms in total. The Balaban J connectivity index is 1.78. The van der Waals surface area contributed by atoms with Gasteiger partial charge in [-0.15, -0.1) is 0 Å². The molecule has 0 bridgehead atoms. The molecule has 0 unspecified atom stereocenters. The zero-order valence-electron chi connectivity index (χ0n) is 16.2. The summed E-state index contributed by atoms with van der Waals surface area (Å²) < 4.78 is 7.43. The molecule has 1 aliphatic rings. The number of hydrogen-bond donors (Lipinski definition) is 0. The summed E-state index contributed by atoms with van der Waals surface area (Å²) in [4.78, 5) is 19.7. The Bertz CT molecular complexity index is 1000. The number of fused-ring (bicyclic) bond motifs is 1. The van der Waals surface area contributed by atoms with Crippen molar-refractivity contribution in [3.63, 3.8) is 0 Å². The molecule has 1 fully saturated rings. The standard InChI is InChI=1S/C22H25N3O2/c1-15-6-7-25-19(14-21(26)24-8-10-27-11-9-24)22(23-20(25)12-15)18-5-4-16(2)17(3)13-18/h4-7,12-13H,8-11,14H2,1-3H3. The van der Waals surface area contributed by atoms with Crippen LogP contribution in [0.15, 0.2) is 36.5 Å². The summed E-state index contributed by atoms with van der Waals surface area (Å²) in [6.07, 6.45) is 2.36. The summed E-state index contributed by atoms with van der Waals surface area (Å²) in [6.45, 7) is 8.82. The monoisotopic (exact) mass is 363 g/mol. The van der Waals surface area contributed by atoms with Crippen molar-refractivity contribution in [1.82, 2.24) is 14.3 Å². The second kappa shape index (κ2) is 7.16. The van der Waals surface area contributed by atoms with Gasteiger partial charge >= 0.3 is 0 Å². The first-order valence-electron chi connectivity index (χ1n) is 9.43. The average Bonchev–Trinajstić information content (AvgIpc) is 3.02. The minimum absolute atomic E-state index is 0.130. The van der Waals surface area contributed by atoms with Gasteiger partial charge in [0.2, 0.25) is 5.91 Å². The second-order valence-electron chi connectivity index (χ2n) is 7.31. The van der Waals surface area contributed by atoms with Gasteiger partial charge < -0.3 is 14.0 Å². The normalized spacial score (nSPS) is 14.7. The zero-order valence-corrected chi connectivity index (χ0v) is 16.2. The molecule has 27 heavy (non-hydrogen) atoms. The molecule has 0 N–H and O–H groups in total. The van der Waals surface area contributed by atoms with E-state index in [0.717, 1.165) is 28.2 Å². The molecule has 0 radical (unpaired) electrons. The smallest absolute Gasteiger partial charge is 0.228 e. The van der Waals surface area contributed by atoms with Crippen molar-refractivity contribution >= 4 is 11.6 Å². The lowest BCUT2D eigenvalue weighted by Crippen LogP contribution is -2.41. The number of morpholine rings is 1. The van der Waals surface area contributed by atoms with Crippen LogP contribution >= 0.6 is 0 Å². The molecule has 3 aromatic rings. The Morgan fingerprint density at radius 2 is 1.85 bits per heavy atom. The van der Waals surface area contributed by atoms with Crippen molar-refractivity contribution in [2.75, 3.05) is 26.3 Å². The van der Waals surface area contributed by atoms with Crippen LogP contribution in [0.3, 0.4) is 0 Å². The number of amides is 1. The van der Waals surface area contributed by atoms with E-state index < -0.39 is 0 Å². The fourth-order valence-electron chi connectivity index (χ4n) is 3.55. The quantitative estimate of drug-likeness (QED) is 0.717. The van der Waals surface area contributed by atoms with Gasteiger partial charge in [-0.05, 0) is 55.7 Å². The van der Waals surface area contributed by atoms with Crippen LogP contribution in [-0.4, -0.2) is 46.5 Å². The van der Waals surface area contributed by atoms with Gasteiger partial charge in [-0.1, -0.05) is 12.1 Å². The topological polar surface area (TPSA) is 46.8 Å². The Morgan fingerprint density at radius 3 is 2.59 bits per heavy atom. The number of hydrogen-bond acceptors (Lipinski definition) is 3. The van der Waals surface area contributed by atoms with Crippen molar-refractivity contribution in [2.24, 2.45) is 0 Å². The fraction of sp³-hybridized carbons (Fsp3) is 0.364. The number of ether oxygens (including phenoxy) is 1. The molecular formula is C22H25N3O2. The highest BCUT2D eigenvalue weighted by molar-refractivity contribution is 5.82. The number of benzene rings is 1. The van der Waals surface area contributed by atoms with Crippen LogP contribution in [0.2, 0.25) is 0 Å². The maximum absolute atomic E-state index is 12.9. The Kier molecular flexibility index (Phi) is 4.70. The molecule has 0 aliphatic carbocycles. The Hall–Kier alpha value is -2.66. The highest BCUT2D eigenvalue weighted by atomic mass is 16.5. The van der Waals surface area contributed by atoms with E-state index in [2.05, 4.69) is 55.5 Å². The van der Waals surface area contributed by atoms with Gasteiger partial charge in [0.15, 0.2) is 0 Å². The van der Waals surface area contributed by atoms with E-state index in [1.54, 1.807) is 0 Å². The van der Waals surface area contributed by atoms with Gasteiger partial charge in [0.05, 0.1) is 31.0 Å². The average molecular weight is 363 g/mol. The van der Waals surface area contributed by atoms with E-state index in [-0.39, 0.29) is 5.91 Å². The predicted molar refractivity (Wildman–Crippen MR) is 106 cm³/mol. The lowest BCUT2D eigenvalue weighted by atomic mass is 10.0. The van der Waals surface area contributed by atoms with Crippen molar-refractivity contribution < 1.29 is 9.53 Å². The van der Waals surface area contributed by atoms with Crippen LogP contribution in [0.4, 0.5) is 0 Å². The first kappa shape index (κ1) is 17.7. The third-order valence-electron chi connectivity index (χ3n) is 5.34. The molecule has 1 aliphatic heterocycles. The molecule has 140 valence electrons. The van der Waals surface area contributed by atoms with Gasteiger partial charge in [-0.25, -0.2) is 4.98 Å².